The molecule has 8 heteroatoms. The van der Waals surface area contributed by atoms with E-state index >= 15 is 0 Å². The van der Waals surface area contributed by atoms with E-state index in [0.29, 0.717) is 5.69 Å². The van der Waals surface area contributed by atoms with Gasteiger partial charge in [0.05, 0.1) is 27.4 Å². The van der Waals surface area contributed by atoms with Crippen molar-refractivity contribution in [3.05, 3.63) is 41.2 Å². The molecule has 1 heterocycles. The largest absolute Gasteiger partial charge is 0.276 e. The molecule has 110 valence electrons. The van der Waals surface area contributed by atoms with E-state index in [1.807, 2.05) is 19.9 Å². The number of anilines is 1. The van der Waals surface area contributed by atoms with Gasteiger partial charge in [-0.2, -0.15) is 10.4 Å². The number of aromatic nitrogens is 2. The molecule has 0 aliphatic heterocycles. The number of benzene rings is 1. The number of hydrogen-bond donors (Lipinski definition) is 1. The van der Waals surface area contributed by atoms with Crippen LogP contribution in [0.1, 0.15) is 25.5 Å². The third-order valence-electron chi connectivity index (χ3n) is 2.75. The fourth-order valence-electron chi connectivity index (χ4n) is 1.64. The summed E-state index contributed by atoms with van der Waals surface area (Å²) in [5, 5.41) is 12.9. The van der Waals surface area contributed by atoms with E-state index in [-0.39, 0.29) is 21.5 Å². The molecule has 2 rings (SSSR count). The Hall–Kier alpha value is -2.04. The number of nitrogens with zero attached hydrogens (tertiary/aromatic N) is 3. The molecule has 0 atom stereocenters. The number of rotatable bonds is 4. The van der Waals surface area contributed by atoms with Gasteiger partial charge in [-0.25, -0.2) is 8.42 Å². The highest BCUT2D eigenvalue weighted by molar-refractivity contribution is 7.92. The Kier molecular flexibility index (Phi) is 4.21. The van der Waals surface area contributed by atoms with Gasteiger partial charge < -0.3 is 0 Å². The van der Waals surface area contributed by atoms with Gasteiger partial charge in [0.25, 0.3) is 10.0 Å². The first-order chi connectivity index (χ1) is 9.83. The van der Waals surface area contributed by atoms with E-state index in [1.165, 1.54) is 24.4 Å². The Morgan fingerprint density at radius 1 is 1.43 bits per heavy atom. The maximum atomic E-state index is 12.2. The molecule has 0 unspecified atom stereocenters. The third kappa shape index (κ3) is 3.35. The summed E-state index contributed by atoms with van der Waals surface area (Å²) < 4.78 is 28.6. The van der Waals surface area contributed by atoms with Crippen LogP contribution in [0, 0.1) is 11.3 Å². The van der Waals surface area contributed by atoms with Gasteiger partial charge in [-0.1, -0.05) is 11.6 Å². The molecule has 1 aromatic heterocycles. The summed E-state index contributed by atoms with van der Waals surface area (Å²) in [4.78, 5) is -0.0104. The molecule has 1 N–H and O–H groups in total. The van der Waals surface area contributed by atoms with Crippen LogP contribution in [0.2, 0.25) is 5.02 Å². The molecule has 2 aromatic rings. The molecule has 1 aromatic carbocycles. The summed E-state index contributed by atoms with van der Waals surface area (Å²) >= 11 is 5.85. The van der Waals surface area contributed by atoms with Gasteiger partial charge >= 0.3 is 0 Å². The minimum atomic E-state index is -3.77. The minimum Gasteiger partial charge on any atom is -0.276 e. The van der Waals surface area contributed by atoms with E-state index in [2.05, 4.69) is 9.82 Å². The van der Waals surface area contributed by atoms with Crippen molar-refractivity contribution in [3.8, 4) is 6.07 Å². The molecule has 0 saturated heterocycles. The number of hydrogen-bond acceptors (Lipinski definition) is 4. The van der Waals surface area contributed by atoms with Crippen LogP contribution in [0.5, 0.6) is 0 Å². The second-order valence-electron chi connectivity index (χ2n) is 4.66. The van der Waals surface area contributed by atoms with Crippen molar-refractivity contribution in [3.63, 3.8) is 0 Å². The molecule has 0 amide bonds. The van der Waals surface area contributed by atoms with Crippen LogP contribution in [0.25, 0.3) is 0 Å². The SMILES string of the molecule is CC(C)n1cc(NS(=O)(=O)c2ccc(C#N)c(Cl)c2)cn1. The normalized spacial score (nSPS) is 11.4. The molecule has 21 heavy (non-hydrogen) atoms. The lowest BCUT2D eigenvalue weighted by atomic mass is 10.2. The lowest BCUT2D eigenvalue weighted by Gasteiger charge is -2.07. The van der Waals surface area contributed by atoms with Gasteiger partial charge in [-0.15, -0.1) is 0 Å². The van der Waals surface area contributed by atoms with Crippen molar-refractivity contribution in [2.24, 2.45) is 0 Å². The minimum absolute atomic E-state index is 0.0104. The van der Waals surface area contributed by atoms with Gasteiger partial charge in [0.15, 0.2) is 0 Å². The van der Waals surface area contributed by atoms with Crippen molar-refractivity contribution in [2.75, 3.05) is 4.72 Å². The molecular formula is C13H13ClN4O2S. The fraction of sp³-hybridized carbons (Fsp3) is 0.231. The number of sulfonamides is 1. The average molecular weight is 325 g/mol. The van der Waals surface area contributed by atoms with Crippen molar-refractivity contribution >= 4 is 27.3 Å². The monoisotopic (exact) mass is 324 g/mol. The number of halogens is 1. The highest BCUT2D eigenvalue weighted by atomic mass is 35.5. The van der Waals surface area contributed by atoms with Crippen molar-refractivity contribution in [2.45, 2.75) is 24.8 Å². The van der Waals surface area contributed by atoms with Crippen LogP contribution in [-0.4, -0.2) is 18.2 Å². The highest BCUT2D eigenvalue weighted by Gasteiger charge is 2.17. The summed E-state index contributed by atoms with van der Waals surface area (Å²) in [6.45, 7) is 3.87. The molecule has 0 spiro atoms. The molecule has 0 fully saturated rings. The summed E-state index contributed by atoms with van der Waals surface area (Å²) in [6, 6.07) is 5.96. The van der Waals surface area contributed by atoms with Crippen molar-refractivity contribution in [1.29, 1.82) is 5.26 Å². The van der Waals surface area contributed by atoms with Gasteiger partial charge in [-0.3, -0.25) is 9.40 Å². The smallest absolute Gasteiger partial charge is 0.262 e. The summed E-state index contributed by atoms with van der Waals surface area (Å²) in [5.41, 5.74) is 0.590. The standard InChI is InChI=1S/C13H13ClN4O2S/c1-9(2)18-8-11(7-16-18)17-21(19,20)12-4-3-10(6-15)13(14)5-12/h3-5,7-9,17H,1-2H3. The fourth-order valence-corrected chi connectivity index (χ4v) is 2.98. The highest BCUT2D eigenvalue weighted by Crippen LogP contribution is 2.22. The first-order valence-corrected chi connectivity index (χ1v) is 7.96. The second-order valence-corrected chi connectivity index (χ2v) is 6.75. The summed E-state index contributed by atoms with van der Waals surface area (Å²) in [5.74, 6) is 0. The average Bonchev–Trinajstić information content (AvgIpc) is 2.86. The zero-order valence-electron chi connectivity index (χ0n) is 11.4. The molecule has 0 saturated carbocycles. The second kappa shape index (κ2) is 5.76. The maximum absolute atomic E-state index is 12.2. The zero-order valence-corrected chi connectivity index (χ0v) is 13.0. The molecule has 0 radical (unpaired) electrons. The van der Waals surface area contributed by atoms with Gasteiger partial charge in [0, 0.05) is 12.2 Å². The molecule has 0 aliphatic carbocycles. The van der Waals surface area contributed by atoms with Crippen LogP contribution >= 0.6 is 11.6 Å². The van der Waals surface area contributed by atoms with Crippen LogP contribution in [0.15, 0.2) is 35.5 Å². The Morgan fingerprint density at radius 2 is 2.14 bits per heavy atom. The van der Waals surface area contributed by atoms with Crippen LogP contribution in [-0.2, 0) is 10.0 Å². The third-order valence-corrected chi connectivity index (χ3v) is 4.45. The summed E-state index contributed by atoms with van der Waals surface area (Å²) in [6.07, 6.45) is 3.04. The number of nitrogens with one attached hydrogen (secondary N) is 1. The Labute approximate surface area is 128 Å². The van der Waals surface area contributed by atoms with Crippen molar-refractivity contribution < 1.29 is 8.42 Å². The van der Waals surface area contributed by atoms with Crippen LogP contribution in [0.4, 0.5) is 5.69 Å². The molecule has 0 bridgehead atoms. The lowest BCUT2D eigenvalue weighted by Crippen LogP contribution is -2.12. The maximum Gasteiger partial charge on any atom is 0.262 e. The van der Waals surface area contributed by atoms with Crippen LogP contribution < -0.4 is 4.72 Å². The first-order valence-electron chi connectivity index (χ1n) is 6.10. The molecular weight excluding hydrogens is 312 g/mol. The Bertz CT molecular complexity index is 806. The topological polar surface area (TPSA) is 87.8 Å². The van der Waals surface area contributed by atoms with E-state index in [9.17, 15) is 8.42 Å². The van der Waals surface area contributed by atoms with Gasteiger partial charge in [-0.05, 0) is 32.0 Å². The van der Waals surface area contributed by atoms with E-state index in [1.54, 1.807) is 10.9 Å². The Balaban J connectivity index is 2.29. The van der Waals surface area contributed by atoms with E-state index in [0.717, 1.165) is 0 Å². The van der Waals surface area contributed by atoms with Gasteiger partial charge in [0.2, 0.25) is 0 Å². The lowest BCUT2D eigenvalue weighted by molar-refractivity contribution is 0.532. The van der Waals surface area contributed by atoms with Gasteiger partial charge in [0.1, 0.15) is 6.07 Å². The summed E-state index contributed by atoms with van der Waals surface area (Å²) in [7, 11) is -3.77. The zero-order chi connectivity index (χ0) is 15.6. The molecule has 0 aliphatic rings. The predicted molar refractivity (Wildman–Crippen MR) is 79.6 cm³/mol. The quantitative estimate of drug-likeness (QED) is 0.936. The predicted octanol–water partition coefficient (Wildman–Crippen LogP) is 2.79. The number of nitriles is 1. The van der Waals surface area contributed by atoms with E-state index in [4.69, 9.17) is 16.9 Å². The molecule has 6 nitrogen and oxygen atoms in total. The van der Waals surface area contributed by atoms with E-state index < -0.39 is 10.0 Å². The van der Waals surface area contributed by atoms with Crippen molar-refractivity contribution in [1.82, 2.24) is 9.78 Å². The van der Waals surface area contributed by atoms with Crippen LogP contribution in [0.3, 0.4) is 0 Å². The first kappa shape index (κ1) is 15.4. The Morgan fingerprint density at radius 3 is 2.67 bits per heavy atom.